The quantitative estimate of drug-likeness (QED) is 0.494. The van der Waals surface area contributed by atoms with Crippen LogP contribution in [0.5, 0.6) is 5.75 Å². The predicted octanol–water partition coefficient (Wildman–Crippen LogP) is 5.48. The lowest BCUT2D eigenvalue weighted by Gasteiger charge is -2.24. The summed E-state index contributed by atoms with van der Waals surface area (Å²) in [6, 6.07) is 6.58. The SMILES string of the molecule is CCOc1ccc(C(C)(C)C)cc1C(CC)CCSC#N. The van der Waals surface area contributed by atoms with E-state index in [0.717, 1.165) is 24.3 Å². The van der Waals surface area contributed by atoms with E-state index < -0.39 is 0 Å². The fourth-order valence-corrected chi connectivity index (χ4v) is 2.94. The van der Waals surface area contributed by atoms with E-state index in [-0.39, 0.29) is 5.41 Å². The second-order valence-electron chi connectivity index (χ2n) is 6.27. The molecule has 0 N–H and O–H groups in total. The minimum atomic E-state index is 0.138. The zero-order chi connectivity index (χ0) is 15.9. The topological polar surface area (TPSA) is 33.0 Å². The van der Waals surface area contributed by atoms with Crippen LogP contribution in [0.4, 0.5) is 0 Å². The summed E-state index contributed by atoms with van der Waals surface area (Å²) in [4.78, 5) is 0. The monoisotopic (exact) mass is 305 g/mol. The Bertz CT molecular complexity index is 485. The Morgan fingerprint density at radius 2 is 2.00 bits per heavy atom. The Morgan fingerprint density at radius 3 is 2.52 bits per heavy atom. The Hall–Kier alpha value is -1.14. The Balaban J connectivity index is 3.11. The molecule has 0 saturated carbocycles. The summed E-state index contributed by atoms with van der Waals surface area (Å²) in [6.45, 7) is 11.6. The van der Waals surface area contributed by atoms with Gasteiger partial charge in [0.2, 0.25) is 0 Å². The van der Waals surface area contributed by atoms with Crippen molar-refractivity contribution >= 4 is 11.8 Å². The van der Waals surface area contributed by atoms with E-state index in [4.69, 9.17) is 10.00 Å². The maximum absolute atomic E-state index is 8.70. The van der Waals surface area contributed by atoms with E-state index in [1.54, 1.807) is 0 Å². The maximum Gasteiger partial charge on any atom is 0.133 e. The molecule has 1 unspecified atom stereocenters. The van der Waals surface area contributed by atoms with Crippen LogP contribution < -0.4 is 4.74 Å². The van der Waals surface area contributed by atoms with Crippen LogP contribution in [0.25, 0.3) is 0 Å². The molecule has 3 heteroatoms. The zero-order valence-corrected chi connectivity index (χ0v) is 14.7. The minimum absolute atomic E-state index is 0.138. The van der Waals surface area contributed by atoms with E-state index in [2.05, 4.69) is 51.3 Å². The fourth-order valence-electron chi connectivity index (χ4n) is 2.45. The Kier molecular flexibility index (Phi) is 7.11. The normalized spacial score (nSPS) is 12.8. The third-order valence-electron chi connectivity index (χ3n) is 3.74. The fraction of sp³-hybridized carbons (Fsp3) is 0.611. The largest absolute Gasteiger partial charge is 0.494 e. The van der Waals surface area contributed by atoms with Gasteiger partial charge in [0.05, 0.1) is 6.61 Å². The van der Waals surface area contributed by atoms with Crippen LogP contribution in [0.2, 0.25) is 0 Å². The molecule has 1 aromatic rings. The van der Waals surface area contributed by atoms with Crippen molar-refractivity contribution in [3.63, 3.8) is 0 Å². The number of nitrogens with zero attached hydrogens (tertiary/aromatic N) is 1. The number of hydrogen-bond donors (Lipinski definition) is 0. The first-order valence-corrected chi connectivity index (χ1v) is 8.70. The minimum Gasteiger partial charge on any atom is -0.494 e. The molecule has 0 heterocycles. The van der Waals surface area contributed by atoms with Crippen LogP contribution in [-0.2, 0) is 5.41 Å². The van der Waals surface area contributed by atoms with Gasteiger partial charge in [0.1, 0.15) is 11.2 Å². The van der Waals surface area contributed by atoms with Crippen molar-refractivity contribution in [2.24, 2.45) is 0 Å². The highest BCUT2D eigenvalue weighted by molar-refractivity contribution is 8.03. The molecular weight excluding hydrogens is 278 g/mol. The molecule has 116 valence electrons. The van der Waals surface area contributed by atoms with Gasteiger partial charge in [-0.3, -0.25) is 0 Å². The molecule has 0 fully saturated rings. The lowest BCUT2D eigenvalue weighted by Crippen LogP contribution is -2.13. The molecule has 0 aliphatic rings. The van der Waals surface area contributed by atoms with Gasteiger partial charge in [0.15, 0.2) is 0 Å². The van der Waals surface area contributed by atoms with E-state index in [9.17, 15) is 0 Å². The molecule has 0 aliphatic heterocycles. The lowest BCUT2D eigenvalue weighted by molar-refractivity contribution is 0.333. The molecule has 0 spiro atoms. The van der Waals surface area contributed by atoms with Crippen LogP contribution in [0.1, 0.15) is 64.5 Å². The van der Waals surface area contributed by atoms with Gasteiger partial charge in [0.25, 0.3) is 0 Å². The molecule has 0 bridgehead atoms. The first kappa shape index (κ1) is 17.9. The molecule has 1 rings (SSSR count). The van der Waals surface area contributed by atoms with Crippen molar-refractivity contribution in [3.8, 4) is 11.2 Å². The summed E-state index contributed by atoms with van der Waals surface area (Å²) >= 11 is 1.34. The van der Waals surface area contributed by atoms with Crippen molar-refractivity contribution in [2.75, 3.05) is 12.4 Å². The number of nitriles is 1. The van der Waals surface area contributed by atoms with Crippen LogP contribution in [0.15, 0.2) is 18.2 Å². The Morgan fingerprint density at radius 1 is 1.29 bits per heavy atom. The summed E-state index contributed by atoms with van der Waals surface area (Å²) in [7, 11) is 0. The Labute approximate surface area is 133 Å². The average molecular weight is 305 g/mol. The summed E-state index contributed by atoms with van der Waals surface area (Å²) < 4.78 is 5.82. The van der Waals surface area contributed by atoms with E-state index in [0.29, 0.717) is 12.5 Å². The summed E-state index contributed by atoms with van der Waals surface area (Å²) in [6.07, 6.45) is 2.09. The number of hydrogen-bond acceptors (Lipinski definition) is 3. The van der Waals surface area contributed by atoms with Crippen molar-refractivity contribution in [1.29, 1.82) is 5.26 Å². The van der Waals surface area contributed by atoms with Gasteiger partial charge in [-0.15, -0.1) is 0 Å². The zero-order valence-electron chi connectivity index (χ0n) is 13.9. The highest BCUT2D eigenvalue weighted by Crippen LogP contribution is 2.36. The van der Waals surface area contributed by atoms with Crippen molar-refractivity contribution in [1.82, 2.24) is 0 Å². The molecule has 21 heavy (non-hydrogen) atoms. The van der Waals surface area contributed by atoms with E-state index in [1.165, 1.54) is 22.9 Å². The molecule has 0 radical (unpaired) electrons. The third-order valence-corrected chi connectivity index (χ3v) is 4.31. The van der Waals surface area contributed by atoms with Gasteiger partial charge in [-0.25, -0.2) is 0 Å². The van der Waals surface area contributed by atoms with E-state index >= 15 is 0 Å². The molecule has 0 aliphatic carbocycles. The summed E-state index contributed by atoms with van der Waals surface area (Å²) in [5.41, 5.74) is 2.77. The average Bonchev–Trinajstić information content (AvgIpc) is 2.44. The van der Waals surface area contributed by atoms with Crippen LogP contribution in [0.3, 0.4) is 0 Å². The molecule has 1 aromatic carbocycles. The smallest absolute Gasteiger partial charge is 0.133 e. The van der Waals surface area contributed by atoms with Gasteiger partial charge in [-0.05, 0) is 60.1 Å². The maximum atomic E-state index is 8.70. The molecule has 0 aromatic heterocycles. The number of rotatable bonds is 7. The number of ether oxygens (including phenoxy) is 1. The van der Waals surface area contributed by atoms with Crippen molar-refractivity contribution in [2.45, 2.75) is 58.8 Å². The molecule has 0 saturated heterocycles. The van der Waals surface area contributed by atoms with Crippen molar-refractivity contribution < 1.29 is 4.74 Å². The van der Waals surface area contributed by atoms with E-state index in [1.807, 2.05) is 6.92 Å². The van der Waals surface area contributed by atoms with Crippen LogP contribution >= 0.6 is 11.8 Å². The third kappa shape index (κ3) is 5.28. The summed E-state index contributed by atoms with van der Waals surface area (Å²) in [5.74, 6) is 2.33. The molecule has 2 nitrogen and oxygen atoms in total. The second kappa shape index (κ2) is 8.34. The molecule has 0 amide bonds. The number of thiocyanates is 1. The van der Waals surface area contributed by atoms with Gasteiger partial charge in [-0.2, -0.15) is 5.26 Å². The number of benzene rings is 1. The van der Waals surface area contributed by atoms with Gasteiger partial charge >= 0.3 is 0 Å². The van der Waals surface area contributed by atoms with Gasteiger partial charge in [-0.1, -0.05) is 39.8 Å². The van der Waals surface area contributed by atoms with Crippen molar-refractivity contribution in [3.05, 3.63) is 29.3 Å². The van der Waals surface area contributed by atoms with Crippen LogP contribution in [-0.4, -0.2) is 12.4 Å². The van der Waals surface area contributed by atoms with Gasteiger partial charge < -0.3 is 4.74 Å². The highest BCUT2D eigenvalue weighted by Gasteiger charge is 2.20. The highest BCUT2D eigenvalue weighted by atomic mass is 32.2. The first-order chi connectivity index (χ1) is 9.93. The second-order valence-corrected chi connectivity index (χ2v) is 7.15. The predicted molar refractivity (Wildman–Crippen MR) is 92.0 cm³/mol. The standard InChI is InChI=1S/C18H27NOS/c1-6-14(10-11-21-13-19)16-12-15(18(3,4)5)8-9-17(16)20-7-2/h8-9,12,14H,6-7,10-11H2,1-5H3. The molecule has 1 atom stereocenters. The van der Waals surface area contributed by atoms with Crippen LogP contribution in [0, 0.1) is 10.7 Å². The molecular formula is C18H27NOS. The number of thioether (sulfide) groups is 1. The van der Waals surface area contributed by atoms with Gasteiger partial charge in [0, 0.05) is 5.75 Å². The summed E-state index contributed by atoms with van der Waals surface area (Å²) in [5, 5.41) is 10.9. The first-order valence-electron chi connectivity index (χ1n) is 7.72. The lowest BCUT2D eigenvalue weighted by atomic mass is 9.83.